The van der Waals surface area contributed by atoms with Crippen molar-refractivity contribution in [3.8, 4) is 6.07 Å². The summed E-state index contributed by atoms with van der Waals surface area (Å²) in [7, 11) is 0. The molecule has 6 rings (SSSR count). The molecule has 4 heterocycles. The van der Waals surface area contributed by atoms with Crippen molar-refractivity contribution < 1.29 is 22.7 Å². The first-order valence-electron chi connectivity index (χ1n) is 12.0. The second-order valence-corrected chi connectivity index (χ2v) is 10.3. The van der Waals surface area contributed by atoms with E-state index in [1.165, 1.54) is 0 Å². The summed E-state index contributed by atoms with van der Waals surface area (Å²) >= 11 is 0. The summed E-state index contributed by atoms with van der Waals surface area (Å²) in [4.78, 5) is 21.7. The summed E-state index contributed by atoms with van der Waals surface area (Å²) in [5, 5.41) is 13.0. The van der Waals surface area contributed by atoms with Gasteiger partial charge in [0.25, 0.3) is 0 Å². The lowest BCUT2D eigenvalue weighted by molar-refractivity contribution is -0.191. The number of halogens is 3. The summed E-state index contributed by atoms with van der Waals surface area (Å²) in [5.41, 5.74) is -2.16. The van der Waals surface area contributed by atoms with Gasteiger partial charge < -0.3 is 15.0 Å². The molecule has 0 radical (unpaired) electrons. The number of fused-ring (bicyclic) bond motifs is 2. The van der Waals surface area contributed by atoms with Gasteiger partial charge in [0.05, 0.1) is 35.8 Å². The first-order valence-corrected chi connectivity index (χ1v) is 12.0. The van der Waals surface area contributed by atoms with Crippen molar-refractivity contribution in [3.63, 3.8) is 0 Å². The summed E-state index contributed by atoms with van der Waals surface area (Å²) < 4.78 is 48.4. The van der Waals surface area contributed by atoms with Crippen molar-refractivity contribution in [1.82, 2.24) is 15.2 Å². The Morgan fingerprint density at radius 1 is 1.20 bits per heavy atom. The van der Waals surface area contributed by atoms with Crippen LogP contribution in [0.15, 0.2) is 30.5 Å². The molecule has 4 fully saturated rings. The van der Waals surface area contributed by atoms with Gasteiger partial charge in [-0.1, -0.05) is 0 Å². The molecular weight excluding hydrogens is 459 g/mol. The third kappa shape index (κ3) is 3.32. The Labute approximate surface area is 200 Å². The highest BCUT2D eigenvalue weighted by Crippen LogP contribution is 2.75. The monoisotopic (exact) mass is 485 g/mol. The predicted octanol–water partition coefficient (Wildman–Crippen LogP) is 2.84. The fourth-order valence-electron chi connectivity index (χ4n) is 6.28. The van der Waals surface area contributed by atoms with Crippen LogP contribution in [0.1, 0.15) is 24.8 Å². The smallest absolute Gasteiger partial charge is 0.378 e. The fraction of sp³-hybridized carbons (Fsp3) is 0.560. The number of nitriles is 1. The van der Waals surface area contributed by atoms with Gasteiger partial charge in [-0.2, -0.15) is 18.4 Å². The van der Waals surface area contributed by atoms with Gasteiger partial charge in [0.15, 0.2) is 0 Å². The number of ether oxygens (including phenoxy) is 1. The lowest BCUT2D eigenvalue weighted by atomic mass is 9.93. The average Bonchev–Trinajstić information content (AvgIpc) is 3.36. The second-order valence-electron chi connectivity index (χ2n) is 10.3. The van der Waals surface area contributed by atoms with Crippen LogP contribution in [-0.2, 0) is 9.53 Å². The molecule has 1 amide bonds. The fourth-order valence-corrected chi connectivity index (χ4v) is 6.28. The molecule has 7 nitrogen and oxygen atoms in total. The number of anilines is 1. The van der Waals surface area contributed by atoms with E-state index in [1.807, 2.05) is 0 Å². The zero-order valence-electron chi connectivity index (χ0n) is 19.1. The Balaban J connectivity index is 1.24. The molecule has 3 saturated heterocycles. The van der Waals surface area contributed by atoms with Gasteiger partial charge in [-0.05, 0) is 43.5 Å². The molecule has 1 saturated carbocycles. The standard InChI is InChI=1S/C25H26F3N5O2/c26-25(27,28)24-13-23(24,22(34)31-17-5-8-32(9-6-17)18-11-35-12-18)14-33(15-24)20-4-3-16(10-29)21-19(20)2-1-7-30-21/h1-4,7,17-18H,5-6,8-9,11-15H2,(H,31,34)/t23-,24-/m1/s1. The van der Waals surface area contributed by atoms with Crippen LogP contribution in [0.3, 0.4) is 0 Å². The van der Waals surface area contributed by atoms with E-state index in [4.69, 9.17) is 4.74 Å². The van der Waals surface area contributed by atoms with Crippen LogP contribution in [0.4, 0.5) is 18.9 Å². The molecule has 1 aliphatic carbocycles. The van der Waals surface area contributed by atoms with Crippen LogP contribution in [0.25, 0.3) is 10.9 Å². The Kier molecular flexibility index (Phi) is 5.03. The summed E-state index contributed by atoms with van der Waals surface area (Å²) in [6.45, 7) is 2.79. The topological polar surface area (TPSA) is 81.5 Å². The number of likely N-dealkylation sites (tertiary alicyclic amines) is 1. The highest BCUT2D eigenvalue weighted by Gasteiger charge is 2.86. The number of carbonyl (C=O) groups excluding carboxylic acids is 1. The van der Waals surface area contributed by atoms with E-state index in [1.54, 1.807) is 35.4 Å². The van der Waals surface area contributed by atoms with Crippen molar-refractivity contribution in [2.75, 3.05) is 44.3 Å². The number of amides is 1. The maximum atomic E-state index is 14.4. The van der Waals surface area contributed by atoms with Crippen molar-refractivity contribution in [2.45, 2.75) is 37.5 Å². The van der Waals surface area contributed by atoms with E-state index in [9.17, 15) is 23.2 Å². The van der Waals surface area contributed by atoms with Crippen LogP contribution < -0.4 is 10.2 Å². The van der Waals surface area contributed by atoms with Crippen molar-refractivity contribution in [3.05, 3.63) is 36.0 Å². The number of hydrogen-bond acceptors (Lipinski definition) is 6. The lowest BCUT2D eigenvalue weighted by Crippen LogP contribution is -2.55. The van der Waals surface area contributed by atoms with Gasteiger partial charge >= 0.3 is 6.18 Å². The van der Waals surface area contributed by atoms with Crippen LogP contribution in [-0.4, -0.2) is 73.4 Å². The molecule has 2 aromatic rings. The van der Waals surface area contributed by atoms with Crippen LogP contribution in [0.2, 0.25) is 0 Å². The molecule has 0 bridgehead atoms. The number of aromatic nitrogens is 1. The van der Waals surface area contributed by atoms with Crippen molar-refractivity contribution >= 4 is 22.5 Å². The van der Waals surface area contributed by atoms with Crippen molar-refractivity contribution in [1.29, 1.82) is 5.26 Å². The van der Waals surface area contributed by atoms with E-state index in [-0.39, 0.29) is 25.6 Å². The molecule has 3 aliphatic heterocycles. The van der Waals surface area contributed by atoms with Crippen LogP contribution in [0.5, 0.6) is 0 Å². The number of nitrogens with one attached hydrogen (secondary N) is 1. The number of carbonyl (C=O) groups is 1. The molecule has 184 valence electrons. The third-order valence-electron chi connectivity index (χ3n) is 8.50. The minimum Gasteiger partial charge on any atom is -0.378 e. The molecule has 10 heteroatoms. The molecule has 2 atom stereocenters. The van der Waals surface area contributed by atoms with Gasteiger partial charge in [-0.3, -0.25) is 14.7 Å². The lowest BCUT2D eigenvalue weighted by Gasteiger charge is -2.41. The number of rotatable bonds is 4. The third-order valence-corrected chi connectivity index (χ3v) is 8.50. The first kappa shape index (κ1) is 22.6. The zero-order valence-corrected chi connectivity index (χ0v) is 19.1. The highest BCUT2D eigenvalue weighted by molar-refractivity contribution is 5.97. The van der Waals surface area contributed by atoms with Gasteiger partial charge in [0.1, 0.15) is 11.5 Å². The minimum atomic E-state index is -4.49. The van der Waals surface area contributed by atoms with E-state index >= 15 is 0 Å². The Morgan fingerprint density at radius 3 is 2.63 bits per heavy atom. The van der Waals surface area contributed by atoms with E-state index < -0.39 is 22.9 Å². The van der Waals surface area contributed by atoms with E-state index in [2.05, 4.69) is 21.3 Å². The summed E-state index contributed by atoms with van der Waals surface area (Å²) in [6, 6.07) is 9.11. The first-order chi connectivity index (χ1) is 16.8. The molecule has 1 aromatic carbocycles. The van der Waals surface area contributed by atoms with E-state index in [0.29, 0.717) is 28.2 Å². The van der Waals surface area contributed by atoms with Gasteiger partial charge in [-0.25, -0.2) is 0 Å². The summed E-state index contributed by atoms with van der Waals surface area (Å²) in [5.74, 6) is -0.487. The van der Waals surface area contributed by atoms with E-state index in [0.717, 1.165) is 39.1 Å². The SMILES string of the molecule is N#Cc1ccc(N2C[C@@]3(C(=O)NC4CCN(C5COC5)CC4)C[C@@]3(C(F)(F)F)C2)c2cccnc12. The van der Waals surface area contributed by atoms with Crippen molar-refractivity contribution in [2.24, 2.45) is 10.8 Å². The second kappa shape index (κ2) is 7.80. The number of hydrogen-bond donors (Lipinski definition) is 1. The summed E-state index contributed by atoms with van der Waals surface area (Å²) in [6.07, 6.45) is -1.66. The molecular formula is C25H26F3N5O2. The molecule has 1 aromatic heterocycles. The Morgan fingerprint density at radius 2 is 1.97 bits per heavy atom. The number of nitrogens with zero attached hydrogens (tertiary/aromatic N) is 4. The zero-order chi connectivity index (χ0) is 24.4. The quantitative estimate of drug-likeness (QED) is 0.718. The molecule has 1 N–H and O–H groups in total. The maximum Gasteiger partial charge on any atom is 0.397 e. The average molecular weight is 486 g/mol. The molecule has 35 heavy (non-hydrogen) atoms. The molecule has 4 aliphatic rings. The predicted molar refractivity (Wildman–Crippen MR) is 122 cm³/mol. The van der Waals surface area contributed by atoms with Gasteiger partial charge in [0.2, 0.25) is 5.91 Å². The van der Waals surface area contributed by atoms with Gasteiger partial charge in [-0.15, -0.1) is 0 Å². The Hall–Kier alpha value is -2.90. The largest absolute Gasteiger partial charge is 0.397 e. The maximum absolute atomic E-state index is 14.4. The number of pyridine rings is 1. The highest BCUT2D eigenvalue weighted by atomic mass is 19.4. The number of alkyl halides is 3. The van der Waals surface area contributed by atoms with Crippen LogP contribution >= 0.6 is 0 Å². The van der Waals surface area contributed by atoms with Crippen LogP contribution in [0, 0.1) is 22.2 Å². The normalized spacial score (nSPS) is 29.5. The van der Waals surface area contributed by atoms with Gasteiger partial charge in [0, 0.05) is 49.5 Å². The minimum absolute atomic E-state index is 0.00744. The number of piperidine rings is 2. The molecule has 0 unspecified atom stereocenters. The molecule has 0 spiro atoms. The Bertz CT molecular complexity index is 1220. The number of benzene rings is 1.